The Hall–Kier alpha value is -1.60. The van der Waals surface area contributed by atoms with Gasteiger partial charge in [0.25, 0.3) is 0 Å². The molecule has 2 amide bonds. The van der Waals surface area contributed by atoms with E-state index >= 15 is 0 Å². The quantitative estimate of drug-likeness (QED) is 0.828. The van der Waals surface area contributed by atoms with Gasteiger partial charge in [0.15, 0.2) is 0 Å². The summed E-state index contributed by atoms with van der Waals surface area (Å²) in [5, 5.41) is 0.440. The Morgan fingerprint density at radius 2 is 2.04 bits per heavy atom. The molecular weight excluding hydrogens is 324 g/mol. The predicted octanol–water partition coefficient (Wildman–Crippen LogP) is 1.46. The molecule has 0 N–H and O–H groups in total. The third-order valence-corrected chi connectivity index (χ3v) is 5.92. The second kappa shape index (κ2) is 7.11. The summed E-state index contributed by atoms with van der Waals surface area (Å²) in [5.74, 6) is 0.0479. The Kier molecular flexibility index (Phi) is 5.10. The van der Waals surface area contributed by atoms with Gasteiger partial charge in [-0.05, 0) is 26.0 Å². The van der Waals surface area contributed by atoms with Crippen LogP contribution in [0.1, 0.15) is 20.3 Å². The molecule has 1 atom stereocenters. The van der Waals surface area contributed by atoms with Crippen LogP contribution in [-0.4, -0.2) is 71.1 Å². The highest BCUT2D eigenvalue weighted by Gasteiger charge is 2.35. The smallest absolute Gasteiger partial charge is 0.240 e. The summed E-state index contributed by atoms with van der Waals surface area (Å²) in [7, 11) is 1.75. The Balaban J connectivity index is 1.62. The molecule has 2 aliphatic heterocycles. The maximum Gasteiger partial charge on any atom is 0.240 e. The summed E-state index contributed by atoms with van der Waals surface area (Å²) in [6.45, 7) is 7.64. The van der Waals surface area contributed by atoms with Crippen LogP contribution in [0.4, 0.5) is 5.69 Å². The number of aromatic nitrogens is 1. The topological polar surface area (TPSA) is 56.8 Å². The van der Waals surface area contributed by atoms with Gasteiger partial charge in [-0.15, -0.1) is 0 Å². The van der Waals surface area contributed by atoms with Crippen LogP contribution in [0.3, 0.4) is 0 Å². The molecule has 0 radical (unpaired) electrons. The fraction of sp³-hybridized carbons (Fsp3) is 0.588. The number of fused-ring (bicyclic) bond motifs is 1. The number of amides is 2. The van der Waals surface area contributed by atoms with Crippen LogP contribution in [0.25, 0.3) is 0 Å². The summed E-state index contributed by atoms with van der Waals surface area (Å²) in [4.78, 5) is 35.4. The van der Waals surface area contributed by atoms with E-state index < -0.39 is 0 Å². The molecule has 0 aliphatic carbocycles. The number of nitrogens with zero attached hydrogens (tertiary/aromatic N) is 4. The first-order valence-corrected chi connectivity index (χ1v) is 9.26. The summed E-state index contributed by atoms with van der Waals surface area (Å²) in [6.07, 6.45) is 1.96. The van der Waals surface area contributed by atoms with E-state index in [1.54, 1.807) is 18.1 Å². The van der Waals surface area contributed by atoms with Crippen molar-refractivity contribution in [2.45, 2.75) is 36.6 Å². The molecule has 6 nitrogen and oxygen atoms in total. The van der Waals surface area contributed by atoms with E-state index in [1.165, 1.54) is 11.8 Å². The summed E-state index contributed by atoms with van der Waals surface area (Å²) in [6, 6.07) is 4.22. The first kappa shape index (κ1) is 17.2. The van der Waals surface area contributed by atoms with Gasteiger partial charge in [0.05, 0.1) is 10.9 Å². The summed E-state index contributed by atoms with van der Waals surface area (Å²) >= 11 is 1.41. The van der Waals surface area contributed by atoms with Crippen molar-refractivity contribution in [1.29, 1.82) is 0 Å². The average Bonchev–Trinajstić information content (AvgIpc) is 2.59. The monoisotopic (exact) mass is 348 g/mol. The van der Waals surface area contributed by atoms with E-state index in [0.717, 1.165) is 36.9 Å². The third-order valence-electron chi connectivity index (χ3n) is 4.73. The van der Waals surface area contributed by atoms with Crippen molar-refractivity contribution >= 4 is 29.3 Å². The number of hydrogen-bond donors (Lipinski definition) is 0. The number of anilines is 1. The Morgan fingerprint density at radius 1 is 1.33 bits per heavy atom. The number of carbonyl (C=O) groups excluding carboxylic acids is 2. The van der Waals surface area contributed by atoms with Crippen LogP contribution in [0, 0.1) is 0 Å². The van der Waals surface area contributed by atoms with E-state index in [1.807, 2.05) is 17.0 Å². The molecule has 130 valence electrons. The number of rotatable bonds is 3. The summed E-state index contributed by atoms with van der Waals surface area (Å²) in [5.41, 5.74) is 0.821. The Bertz CT molecular complexity index is 629. The van der Waals surface area contributed by atoms with Crippen molar-refractivity contribution in [3.8, 4) is 0 Å². The van der Waals surface area contributed by atoms with Gasteiger partial charge in [-0.1, -0.05) is 11.8 Å². The molecule has 0 spiro atoms. The van der Waals surface area contributed by atoms with Crippen molar-refractivity contribution in [2.24, 2.45) is 0 Å². The largest absolute Gasteiger partial charge is 0.340 e. The first-order valence-electron chi connectivity index (χ1n) is 8.38. The molecule has 0 aromatic carbocycles. The maximum absolute atomic E-state index is 12.6. The van der Waals surface area contributed by atoms with Gasteiger partial charge in [-0.2, -0.15) is 0 Å². The molecule has 1 aromatic heterocycles. The highest BCUT2D eigenvalue weighted by molar-refractivity contribution is 8.00. The van der Waals surface area contributed by atoms with Crippen LogP contribution >= 0.6 is 11.8 Å². The molecule has 1 aromatic rings. The maximum atomic E-state index is 12.6. The zero-order valence-electron chi connectivity index (χ0n) is 14.4. The molecule has 24 heavy (non-hydrogen) atoms. The van der Waals surface area contributed by atoms with E-state index in [-0.39, 0.29) is 23.5 Å². The third kappa shape index (κ3) is 3.42. The van der Waals surface area contributed by atoms with Crippen molar-refractivity contribution in [3.05, 3.63) is 18.3 Å². The minimum absolute atomic E-state index is 0.0188. The molecule has 3 rings (SSSR count). The van der Waals surface area contributed by atoms with E-state index in [9.17, 15) is 9.59 Å². The number of hydrogen-bond acceptors (Lipinski definition) is 5. The molecule has 2 aliphatic rings. The molecule has 0 bridgehead atoms. The molecule has 7 heteroatoms. The zero-order valence-corrected chi connectivity index (χ0v) is 15.3. The van der Waals surface area contributed by atoms with Crippen LogP contribution in [0.5, 0.6) is 0 Å². The summed E-state index contributed by atoms with van der Waals surface area (Å²) < 4.78 is 0. The lowest BCUT2D eigenvalue weighted by Gasteiger charge is -2.37. The van der Waals surface area contributed by atoms with Crippen LogP contribution in [-0.2, 0) is 9.59 Å². The Morgan fingerprint density at radius 3 is 2.71 bits per heavy atom. The van der Waals surface area contributed by atoms with Gasteiger partial charge < -0.3 is 9.80 Å². The normalized spacial score (nSPS) is 22.0. The molecule has 1 unspecified atom stereocenters. The van der Waals surface area contributed by atoms with Crippen molar-refractivity contribution in [1.82, 2.24) is 14.8 Å². The van der Waals surface area contributed by atoms with Gasteiger partial charge >= 0.3 is 0 Å². The minimum Gasteiger partial charge on any atom is -0.340 e. The zero-order chi connectivity index (χ0) is 17.3. The van der Waals surface area contributed by atoms with Crippen LogP contribution in [0.2, 0.25) is 0 Å². The lowest BCUT2D eigenvalue weighted by atomic mass is 10.2. The number of piperazine rings is 1. The predicted molar refractivity (Wildman–Crippen MR) is 95.2 cm³/mol. The molecular formula is C17H24N4O2S. The van der Waals surface area contributed by atoms with Gasteiger partial charge in [-0.25, -0.2) is 4.98 Å². The molecule has 1 saturated heterocycles. The lowest BCUT2D eigenvalue weighted by Crippen LogP contribution is -2.51. The SMILES string of the molecule is CC(C)N1CCN(C(=O)CC2Sc3ncccc3N(C)C2=O)CC1. The van der Waals surface area contributed by atoms with Crippen molar-refractivity contribution in [2.75, 3.05) is 38.1 Å². The van der Waals surface area contributed by atoms with Crippen molar-refractivity contribution in [3.63, 3.8) is 0 Å². The van der Waals surface area contributed by atoms with Crippen LogP contribution in [0.15, 0.2) is 23.4 Å². The first-order chi connectivity index (χ1) is 11.5. The highest BCUT2D eigenvalue weighted by Crippen LogP contribution is 2.38. The average molecular weight is 348 g/mol. The Labute approximate surface area is 147 Å². The van der Waals surface area contributed by atoms with E-state index in [0.29, 0.717) is 6.04 Å². The second-order valence-corrected chi connectivity index (χ2v) is 7.74. The van der Waals surface area contributed by atoms with Gasteiger partial charge in [0.2, 0.25) is 11.8 Å². The number of thioether (sulfide) groups is 1. The molecule has 0 saturated carbocycles. The van der Waals surface area contributed by atoms with Gasteiger partial charge in [-0.3, -0.25) is 14.5 Å². The molecule has 3 heterocycles. The fourth-order valence-electron chi connectivity index (χ4n) is 3.15. The van der Waals surface area contributed by atoms with E-state index in [2.05, 4.69) is 23.7 Å². The standard InChI is InChI=1S/C17H24N4O2S/c1-12(2)20-7-9-21(10-8-20)15(22)11-14-17(23)19(3)13-5-4-6-18-16(13)24-14/h4-6,12,14H,7-11H2,1-3H3. The van der Waals surface area contributed by atoms with Gasteiger partial charge in [0.1, 0.15) is 5.03 Å². The minimum atomic E-state index is -0.381. The second-order valence-electron chi connectivity index (χ2n) is 6.55. The lowest BCUT2D eigenvalue weighted by molar-refractivity contribution is -0.134. The number of carbonyl (C=O) groups is 2. The molecule has 1 fully saturated rings. The van der Waals surface area contributed by atoms with Crippen molar-refractivity contribution < 1.29 is 9.59 Å². The van der Waals surface area contributed by atoms with Gasteiger partial charge in [0, 0.05) is 51.9 Å². The van der Waals surface area contributed by atoms with E-state index in [4.69, 9.17) is 0 Å². The fourth-order valence-corrected chi connectivity index (χ4v) is 4.35. The highest BCUT2D eigenvalue weighted by atomic mass is 32.2. The number of pyridine rings is 1. The van der Waals surface area contributed by atoms with Crippen LogP contribution < -0.4 is 4.90 Å².